The van der Waals surface area contributed by atoms with Crippen LogP contribution < -0.4 is 10.5 Å². The predicted octanol–water partition coefficient (Wildman–Crippen LogP) is 4.37. The number of halogens is 1. The Balaban J connectivity index is 2.53. The summed E-state index contributed by atoms with van der Waals surface area (Å²) in [6, 6.07) is 6.65. The lowest BCUT2D eigenvalue weighted by molar-refractivity contribution is -0.385. The number of anilines is 1. The molecule has 0 aliphatic carbocycles. The van der Waals surface area contributed by atoms with Crippen molar-refractivity contribution >= 4 is 17.3 Å². The van der Waals surface area contributed by atoms with Crippen molar-refractivity contribution in [1.29, 1.82) is 0 Å². The standard InChI is InChI=1S/C18H19FN2O5/c1-10-13(25-14-7-5-6-11(20)16(14)19)9-8-12(21(23)24)15(10)17(22)26-18(2,3)4/h5-9H,20H2,1-4H3. The average molecular weight is 362 g/mol. The highest BCUT2D eigenvalue weighted by atomic mass is 19.1. The number of nitro groups is 1. The molecule has 7 nitrogen and oxygen atoms in total. The number of nitro benzene ring substituents is 1. The molecule has 0 atom stereocenters. The van der Waals surface area contributed by atoms with Gasteiger partial charge in [0, 0.05) is 11.6 Å². The van der Waals surface area contributed by atoms with Crippen molar-refractivity contribution in [1.82, 2.24) is 0 Å². The third-order valence-corrected chi connectivity index (χ3v) is 3.41. The molecule has 0 radical (unpaired) electrons. The van der Waals surface area contributed by atoms with Gasteiger partial charge in [-0.25, -0.2) is 9.18 Å². The molecular weight excluding hydrogens is 343 g/mol. The van der Waals surface area contributed by atoms with Crippen molar-refractivity contribution in [3.63, 3.8) is 0 Å². The summed E-state index contributed by atoms with van der Waals surface area (Å²) >= 11 is 0. The maximum absolute atomic E-state index is 14.1. The third-order valence-electron chi connectivity index (χ3n) is 3.41. The third kappa shape index (κ3) is 4.08. The number of benzene rings is 2. The van der Waals surface area contributed by atoms with Crippen molar-refractivity contribution in [2.24, 2.45) is 0 Å². The maximum atomic E-state index is 14.1. The van der Waals surface area contributed by atoms with Gasteiger partial charge in [0.05, 0.1) is 10.6 Å². The Hall–Kier alpha value is -3.16. The van der Waals surface area contributed by atoms with E-state index >= 15 is 0 Å². The quantitative estimate of drug-likeness (QED) is 0.375. The molecule has 0 aliphatic heterocycles. The van der Waals surface area contributed by atoms with Gasteiger partial charge in [0.15, 0.2) is 11.6 Å². The van der Waals surface area contributed by atoms with Crippen LogP contribution in [0.15, 0.2) is 30.3 Å². The summed E-state index contributed by atoms with van der Waals surface area (Å²) in [6.45, 7) is 6.41. The highest BCUT2D eigenvalue weighted by Gasteiger charge is 2.29. The number of carbonyl (C=O) groups is 1. The van der Waals surface area contributed by atoms with Crippen molar-refractivity contribution in [2.75, 3.05) is 5.73 Å². The van der Waals surface area contributed by atoms with Crippen LogP contribution in [0.1, 0.15) is 36.7 Å². The molecule has 0 aliphatic rings. The lowest BCUT2D eigenvalue weighted by Gasteiger charge is -2.20. The first-order valence-electron chi connectivity index (χ1n) is 7.74. The Morgan fingerprint density at radius 3 is 2.42 bits per heavy atom. The van der Waals surface area contributed by atoms with Crippen LogP contribution in [-0.2, 0) is 4.74 Å². The molecule has 0 saturated heterocycles. The monoisotopic (exact) mass is 362 g/mol. The molecule has 8 heteroatoms. The molecular formula is C18H19FN2O5. The predicted molar refractivity (Wildman–Crippen MR) is 93.9 cm³/mol. The van der Waals surface area contributed by atoms with Gasteiger partial charge in [0.1, 0.15) is 16.9 Å². The Bertz CT molecular complexity index is 875. The van der Waals surface area contributed by atoms with Crippen LogP contribution in [0.2, 0.25) is 0 Å². The second-order valence-electron chi connectivity index (χ2n) is 6.60. The first-order chi connectivity index (χ1) is 12.0. The van der Waals surface area contributed by atoms with Gasteiger partial charge in [0.25, 0.3) is 5.69 Å². The van der Waals surface area contributed by atoms with E-state index in [1.165, 1.54) is 31.2 Å². The van der Waals surface area contributed by atoms with E-state index < -0.39 is 28.0 Å². The van der Waals surface area contributed by atoms with Gasteiger partial charge in [-0.05, 0) is 45.9 Å². The van der Waals surface area contributed by atoms with E-state index in [1.54, 1.807) is 20.8 Å². The van der Waals surface area contributed by atoms with Crippen LogP contribution in [0.3, 0.4) is 0 Å². The van der Waals surface area contributed by atoms with Gasteiger partial charge < -0.3 is 15.2 Å². The first-order valence-corrected chi connectivity index (χ1v) is 7.74. The fraction of sp³-hybridized carbons (Fsp3) is 0.278. The Morgan fingerprint density at radius 1 is 1.19 bits per heavy atom. The Kier molecular flexibility index (Phi) is 5.15. The van der Waals surface area contributed by atoms with Gasteiger partial charge >= 0.3 is 5.97 Å². The molecule has 0 bridgehead atoms. The first kappa shape index (κ1) is 19.2. The van der Waals surface area contributed by atoms with E-state index in [0.717, 1.165) is 6.07 Å². The van der Waals surface area contributed by atoms with Crippen LogP contribution in [0.4, 0.5) is 15.8 Å². The minimum atomic E-state index is -0.861. The molecule has 0 spiro atoms. The van der Waals surface area contributed by atoms with E-state index in [1.807, 2.05) is 0 Å². The number of hydrogen-bond donors (Lipinski definition) is 1. The topological polar surface area (TPSA) is 105 Å². The van der Waals surface area contributed by atoms with E-state index in [9.17, 15) is 19.3 Å². The van der Waals surface area contributed by atoms with Crippen molar-refractivity contribution in [3.8, 4) is 11.5 Å². The highest BCUT2D eigenvalue weighted by Crippen LogP contribution is 2.35. The second kappa shape index (κ2) is 6.99. The number of carbonyl (C=O) groups excluding carboxylic acids is 1. The van der Waals surface area contributed by atoms with Gasteiger partial charge in [0.2, 0.25) is 0 Å². The minimum absolute atomic E-state index is 0.0842. The molecule has 2 aromatic rings. The molecule has 0 heterocycles. The molecule has 0 aromatic heterocycles. The lowest BCUT2D eigenvalue weighted by Crippen LogP contribution is -2.25. The van der Waals surface area contributed by atoms with Crippen LogP contribution in [0.25, 0.3) is 0 Å². The summed E-state index contributed by atoms with van der Waals surface area (Å²) in [5.41, 5.74) is 4.06. The van der Waals surface area contributed by atoms with E-state index in [4.69, 9.17) is 15.2 Å². The molecule has 0 fully saturated rings. The summed E-state index contributed by atoms with van der Waals surface area (Å²) < 4.78 is 24.8. The largest absolute Gasteiger partial charge is 0.456 e. The van der Waals surface area contributed by atoms with Crippen molar-refractivity contribution in [3.05, 3.63) is 57.4 Å². The summed E-state index contributed by atoms with van der Waals surface area (Å²) in [5, 5.41) is 11.3. The van der Waals surface area contributed by atoms with Crippen molar-refractivity contribution in [2.45, 2.75) is 33.3 Å². The summed E-state index contributed by atoms with van der Waals surface area (Å²) in [5.74, 6) is -1.69. The van der Waals surface area contributed by atoms with Gasteiger partial charge in [-0.1, -0.05) is 6.07 Å². The second-order valence-corrected chi connectivity index (χ2v) is 6.60. The smallest absolute Gasteiger partial charge is 0.346 e. The lowest BCUT2D eigenvalue weighted by atomic mass is 10.0. The molecule has 0 amide bonds. The molecule has 0 saturated carbocycles. The summed E-state index contributed by atoms with van der Waals surface area (Å²) in [6.07, 6.45) is 0. The zero-order valence-electron chi connectivity index (χ0n) is 14.8. The Labute approximate surface area is 149 Å². The molecule has 26 heavy (non-hydrogen) atoms. The van der Waals surface area contributed by atoms with Gasteiger partial charge in [-0.3, -0.25) is 10.1 Å². The Morgan fingerprint density at radius 2 is 1.85 bits per heavy atom. The number of nitrogens with two attached hydrogens (primary N) is 1. The highest BCUT2D eigenvalue weighted by molar-refractivity contribution is 5.96. The van der Waals surface area contributed by atoms with E-state index in [-0.39, 0.29) is 28.3 Å². The van der Waals surface area contributed by atoms with Gasteiger partial charge in [-0.2, -0.15) is 0 Å². The number of rotatable bonds is 4. The number of esters is 1. The average Bonchev–Trinajstić information content (AvgIpc) is 2.51. The number of nitrogen functional groups attached to an aromatic ring is 1. The SMILES string of the molecule is Cc1c(Oc2cccc(N)c2F)ccc([N+](=O)[O-])c1C(=O)OC(C)(C)C. The summed E-state index contributed by atoms with van der Waals surface area (Å²) in [7, 11) is 0. The van der Waals surface area contributed by atoms with Crippen LogP contribution in [-0.4, -0.2) is 16.5 Å². The van der Waals surface area contributed by atoms with Crippen molar-refractivity contribution < 1.29 is 23.6 Å². The number of hydrogen-bond acceptors (Lipinski definition) is 6. The maximum Gasteiger partial charge on any atom is 0.346 e. The zero-order chi connectivity index (χ0) is 19.6. The molecule has 2 N–H and O–H groups in total. The fourth-order valence-electron chi connectivity index (χ4n) is 2.25. The molecule has 0 unspecified atom stereocenters. The van der Waals surface area contributed by atoms with Crippen LogP contribution in [0.5, 0.6) is 11.5 Å². The summed E-state index contributed by atoms with van der Waals surface area (Å²) in [4.78, 5) is 23.1. The zero-order valence-corrected chi connectivity index (χ0v) is 14.8. The van der Waals surface area contributed by atoms with E-state index in [0.29, 0.717) is 0 Å². The minimum Gasteiger partial charge on any atom is -0.456 e. The number of ether oxygens (including phenoxy) is 2. The van der Waals surface area contributed by atoms with Crippen LogP contribution >= 0.6 is 0 Å². The van der Waals surface area contributed by atoms with Crippen LogP contribution in [0, 0.1) is 22.9 Å². The van der Waals surface area contributed by atoms with E-state index in [2.05, 4.69) is 0 Å². The van der Waals surface area contributed by atoms with Gasteiger partial charge in [-0.15, -0.1) is 0 Å². The normalized spacial score (nSPS) is 11.1. The molecule has 138 valence electrons. The number of nitrogens with zero attached hydrogens (tertiary/aromatic N) is 1. The molecule has 2 aromatic carbocycles. The fourth-order valence-corrected chi connectivity index (χ4v) is 2.25. The molecule has 2 rings (SSSR count).